The molecule has 0 aromatic heterocycles. The molecule has 0 aliphatic heterocycles. The van der Waals surface area contributed by atoms with Gasteiger partial charge in [0.05, 0.1) is 12.1 Å². The van der Waals surface area contributed by atoms with Crippen molar-refractivity contribution < 1.29 is 9.53 Å². The molecule has 96 valence electrons. The van der Waals surface area contributed by atoms with Gasteiger partial charge in [-0.15, -0.1) is 12.4 Å². The lowest BCUT2D eigenvalue weighted by atomic mass is 10.0. The zero-order valence-corrected chi connectivity index (χ0v) is 11.0. The highest BCUT2D eigenvalue weighted by atomic mass is 35.5. The minimum atomic E-state index is -0.397. The third-order valence-corrected chi connectivity index (χ3v) is 3.09. The van der Waals surface area contributed by atoms with Crippen molar-refractivity contribution in [2.75, 3.05) is 7.11 Å². The van der Waals surface area contributed by atoms with Crippen molar-refractivity contribution in [2.24, 2.45) is 11.7 Å². The molecule has 1 saturated carbocycles. The molecule has 0 saturated heterocycles. The Morgan fingerprint density at radius 2 is 2.06 bits per heavy atom. The summed E-state index contributed by atoms with van der Waals surface area (Å²) in [6.45, 7) is 3.91. The molecule has 3 unspecified atom stereocenters. The maximum absolute atomic E-state index is 11.7. The molecule has 1 amide bonds. The fraction of sp³-hybridized carbons (Fsp3) is 0.909. The van der Waals surface area contributed by atoms with E-state index in [4.69, 9.17) is 10.5 Å². The molecule has 5 heteroatoms. The minimum absolute atomic E-state index is 0. The van der Waals surface area contributed by atoms with E-state index in [-0.39, 0.29) is 30.3 Å². The van der Waals surface area contributed by atoms with Crippen molar-refractivity contribution in [1.29, 1.82) is 0 Å². The zero-order chi connectivity index (χ0) is 11.4. The van der Waals surface area contributed by atoms with Crippen molar-refractivity contribution in [3.8, 4) is 0 Å². The first-order valence-electron chi connectivity index (χ1n) is 5.63. The summed E-state index contributed by atoms with van der Waals surface area (Å²) in [4.78, 5) is 11.7. The lowest BCUT2D eigenvalue weighted by Crippen LogP contribution is -2.47. The molecule has 0 aromatic carbocycles. The van der Waals surface area contributed by atoms with Gasteiger partial charge in [-0.1, -0.05) is 13.8 Å². The molecule has 0 bridgehead atoms. The first kappa shape index (κ1) is 15.7. The number of amides is 1. The van der Waals surface area contributed by atoms with Crippen LogP contribution in [0.5, 0.6) is 0 Å². The van der Waals surface area contributed by atoms with Gasteiger partial charge in [0.1, 0.15) is 0 Å². The van der Waals surface area contributed by atoms with Gasteiger partial charge < -0.3 is 15.8 Å². The Morgan fingerprint density at radius 1 is 1.44 bits per heavy atom. The largest absolute Gasteiger partial charge is 0.381 e. The average molecular weight is 251 g/mol. The average Bonchev–Trinajstić information content (AvgIpc) is 2.64. The van der Waals surface area contributed by atoms with Crippen molar-refractivity contribution >= 4 is 18.3 Å². The first-order chi connectivity index (χ1) is 7.04. The fourth-order valence-corrected chi connectivity index (χ4v) is 1.89. The zero-order valence-electron chi connectivity index (χ0n) is 10.2. The molecule has 0 aromatic rings. The minimum Gasteiger partial charge on any atom is -0.381 e. The van der Waals surface area contributed by atoms with Crippen LogP contribution >= 0.6 is 12.4 Å². The van der Waals surface area contributed by atoms with Crippen LogP contribution in [0.4, 0.5) is 0 Å². The lowest BCUT2D eigenvalue weighted by molar-refractivity contribution is -0.123. The molecular formula is C11H23ClN2O2. The summed E-state index contributed by atoms with van der Waals surface area (Å²) < 4.78 is 5.25. The Morgan fingerprint density at radius 3 is 2.50 bits per heavy atom. The van der Waals surface area contributed by atoms with Gasteiger partial charge in [0.15, 0.2) is 0 Å². The summed E-state index contributed by atoms with van der Waals surface area (Å²) in [5.41, 5.74) is 5.76. The van der Waals surface area contributed by atoms with Crippen molar-refractivity contribution in [2.45, 2.75) is 51.3 Å². The van der Waals surface area contributed by atoms with Crippen molar-refractivity contribution in [1.82, 2.24) is 5.32 Å². The number of methoxy groups -OCH3 is 1. The van der Waals surface area contributed by atoms with E-state index in [1.54, 1.807) is 7.11 Å². The second-order valence-corrected chi connectivity index (χ2v) is 4.65. The van der Waals surface area contributed by atoms with Crippen molar-refractivity contribution in [3.05, 3.63) is 0 Å². The molecule has 1 fully saturated rings. The number of nitrogens with two attached hydrogens (primary N) is 1. The number of hydrogen-bond acceptors (Lipinski definition) is 3. The van der Waals surface area contributed by atoms with Crippen LogP contribution in [-0.4, -0.2) is 31.2 Å². The normalized spacial score (nSPS) is 26.3. The van der Waals surface area contributed by atoms with Gasteiger partial charge >= 0.3 is 0 Å². The number of carbonyl (C=O) groups is 1. The predicted molar refractivity (Wildman–Crippen MR) is 66.6 cm³/mol. The van der Waals surface area contributed by atoms with Crippen molar-refractivity contribution in [3.63, 3.8) is 0 Å². The monoisotopic (exact) mass is 250 g/mol. The van der Waals surface area contributed by atoms with Gasteiger partial charge in [-0.05, 0) is 25.2 Å². The van der Waals surface area contributed by atoms with Gasteiger partial charge in [0.2, 0.25) is 5.91 Å². The van der Waals surface area contributed by atoms with E-state index in [9.17, 15) is 4.79 Å². The van der Waals surface area contributed by atoms with E-state index in [0.29, 0.717) is 6.10 Å². The SMILES string of the molecule is COC1CCC(NC(=O)C(N)C(C)C)C1.Cl. The highest BCUT2D eigenvalue weighted by Gasteiger charge is 2.27. The van der Waals surface area contributed by atoms with E-state index < -0.39 is 6.04 Å². The second-order valence-electron chi connectivity index (χ2n) is 4.65. The Balaban J connectivity index is 0.00000225. The second kappa shape index (κ2) is 7.09. The van der Waals surface area contributed by atoms with E-state index >= 15 is 0 Å². The molecule has 1 aliphatic carbocycles. The van der Waals surface area contributed by atoms with Gasteiger partial charge in [0.25, 0.3) is 0 Å². The number of nitrogens with one attached hydrogen (secondary N) is 1. The van der Waals surface area contributed by atoms with Crippen LogP contribution in [0.2, 0.25) is 0 Å². The first-order valence-corrected chi connectivity index (χ1v) is 5.63. The van der Waals surface area contributed by atoms with Crippen LogP contribution in [0, 0.1) is 5.92 Å². The molecule has 0 radical (unpaired) electrons. The highest BCUT2D eigenvalue weighted by Crippen LogP contribution is 2.21. The topological polar surface area (TPSA) is 64.3 Å². The summed E-state index contributed by atoms with van der Waals surface area (Å²) in [6, 6.07) is -0.154. The molecular weight excluding hydrogens is 228 g/mol. The Kier molecular flexibility index (Phi) is 6.95. The number of ether oxygens (including phenoxy) is 1. The van der Waals surface area contributed by atoms with Crippen LogP contribution < -0.4 is 11.1 Å². The standard InChI is InChI=1S/C11H22N2O2.ClH/c1-7(2)10(12)11(14)13-8-4-5-9(6-8)15-3;/h7-10H,4-6,12H2,1-3H3,(H,13,14);1H. The van der Waals surface area contributed by atoms with Crippen LogP contribution in [0.15, 0.2) is 0 Å². The Bertz CT molecular complexity index is 224. The lowest BCUT2D eigenvalue weighted by Gasteiger charge is -2.19. The number of rotatable bonds is 4. The number of hydrogen-bond donors (Lipinski definition) is 2. The third kappa shape index (κ3) is 4.28. The van der Waals surface area contributed by atoms with Crippen LogP contribution in [0.25, 0.3) is 0 Å². The molecule has 1 rings (SSSR count). The van der Waals surface area contributed by atoms with Gasteiger partial charge in [-0.2, -0.15) is 0 Å². The van der Waals surface area contributed by atoms with E-state index in [1.165, 1.54) is 0 Å². The van der Waals surface area contributed by atoms with Crippen LogP contribution in [0.1, 0.15) is 33.1 Å². The molecule has 3 atom stereocenters. The van der Waals surface area contributed by atoms with E-state index in [0.717, 1.165) is 19.3 Å². The summed E-state index contributed by atoms with van der Waals surface area (Å²) in [5.74, 6) is 0.149. The number of halogens is 1. The van der Waals surface area contributed by atoms with E-state index in [2.05, 4.69) is 5.32 Å². The molecule has 16 heavy (non-hydrogen) atoms. The highest BCUT2D eigenvalue weighted by molar-refractivity contribution is 5.85. The smallest absolute Gasteiger partial charge is 0.237 e. The molecule has 4 nitrogen and oxygen atoms in total. The van der Waals surface area contributed by atoms with Gasteiger partial charge in [-0.3, -0.25) is 4.79 Å². The Hall–Kier alpha value is -0.320. The maximum atomic E-state index is 11.7. The van der Waals surface area contributed by atoms with E-state index in [1.807, 2.05) is 13.8 Å². The third-order valence-electron chi connectivity index (χ3n) is 3.09. The molecule has 0 spiro atoms. The summed E-state index contributed by atoms with van der Waals surface area (Å²) >= 11 is 0. The summed E-state index contributed by atoms with van der Waals surface area (Å²) in [5, 5.41) is 2.98. The molecule has 1 aliphatic rings. The molecule has 0 heterocycles. The summed E-state index contributed by atoms with van der Waals surface area (Å²) in [6.07, 6.45) is 3.23. The van der Waals surface area contributed by atoms with Crippen LogP contribution in [0.3, 0.4) is 0 Å². The molecule has 3 N–H and O–H groups in total. The maximum Gasteiger partial charge on any atom is 0.237 e. The number of carbonyl (C=O) groups excluding carboxylic acids is 1. The van der Waals surface area contributed by atoms with Gasteiger partial charge in [0, 0.05) is 13.2 Å². The summed E-state index contributed by atoms with van der Waals surface area (Å²) in [7, 11) is 1.72. The quantitative estimate of drug-likeness (QED) is 0.785. The Labute approximate surface area is 104 Å². The van der Waals surface area contributed by atoms with Gasteiger partial charge in [-0.25, -0.2) is 0 Å². The predicted octanol–water partition coefficient (Wildman–Crippen LogP) is 1.08. The fourth-order valence-electron chi connectivity index (χ4n) is 1.89. The van der Waals surface area contributed by atoms with Crippen LogP contribution in [-0.2, 0) is 9.53 Å².